The molecule has 0 N–H and O–H groups in total. The molecule has 0 unspecified atom stereocenters. The number of anilines is 6. The smallest absolute Gasteiger partial charge is 0.159 e. The van der Waals surface area contributed by atoms with E-state index >= 15 is 0 Å². The summed E-state index contributed by atoms with van der Waals surface area (Å²) in [6.45, 7) is 4.36. The fourth-order valence-corrected chi connectivity index (χ4v) is 16.7. The van der Waals surface area contributed by atoms with Crippen LogP contribution in [0.25, 0.3) is 165 Å². The van der Waals surface area contributed by atoms with Crippen molar-refractivity contribution in [2.75, 3.05) is 9.80 Å². The molecule has 0 aliphatic heterocycles. The van der Waals surface area contributed by atoms with Gasteiger partial charge in [-0.3, -0.25) is 0 Å². The second kappa shape index (κ2) is 20.8. The van der Waals surface area contributed by atoms with E-state index < -0.39 is 0 Å². The molecule has 6 nitrogen and oxygen atoms in total. The molecule has 0 bridgehead atoms. The molecule has 0 fully saturated rings. The second-order valence-corrected chi connectivity index (χ2v) is 26.3. The Morgan fingerprint density at radius 2 is 0.582 bits per heavy atom. The van der Waals surface area contributed by atoms with E-state index in [1.165, 1.54) is 98.4 Å². The van der Waals surface area contributed by atoms with E-state index in [9.17, 15) is 0 Å². The van der Waals surface area contributed by atoms with Crippen molar-refractivity contribution in [1.82, 2.24) is 8.80 Å². The molecule has 0 atom stereocenters. The number of aromatic nitrogens is 2. The molecule has 0 saturated carbocycles. The Kier molecular flexibility index (Phi) is 11.6. The average Bonchev–Trinajstić information content (AvgIpc) is 1.49. The molecular formula is C92H58N4O2. The first-order valence-electron chi connectivity index (χ1n) is 33.7. The number of nitrogens with zero attached hydrogens (tertiary/aromatic N) is 4. The maximum atomic E-state index is 6.75. The number of furan rings is 2. The van der Waals surface area contributed by atoms with Crippen LogP contribution in [0.2, 0.25) is 0 Å². The van der Waals surface area contributed by atoms with Gasteiger partial charge in [-0.2, -0.15) is 0 Å². The Hall–Kier alpha value is -12.9. The Bertz CT molecular complexity index is 6370. The summed E-state index contributed by atoms with van der Waals surface area (Å²) < 4.78 is 18.8. The summed E-state index contributed by atoms with van der Waals surface area (Å²) in [6, 6.07) is 116. The third-order valence-corrected chi connectivity index (χ3v) is 21.0. The predicted octanol–water partition coefficient (Wildman–Crippen LogP) is 26.0. The number of hydrogen-bond donors (Lipinski definition) is 0. The van der Waals surface area contributed by atoms with Crippen LogP contribution in [0.1, 0.15) is 11.1 Å². The molecule has 0 saturated heterocycles. The lowest BCUT2D eigenvalue weighted by molar-refractivity contribution is 0.668. The van der Waals surface area contributed by atoms with E-state index in [1.54, 1.807) is 0 Å². The van der Waals surface area contributed by atoms with E-state index in [1.807, 2.05) is 12.1 Å². The van der Waals surface area contributed by atoms with Gasteiger partial charge < -0.3 is 27.4 Å². The lowest BCUT2D eigenvalue weighted by Gasteiger charge is -2.27. The van der Waals surface area contributed by atoms with Gasteiger partial charge in [0.25, 0.3) is 0 Å². The predicted molar refractivity (Wildman–Crippen MR) is 411 cm³/mol. The van der Waals surface area contributed by atoms with E-state index in [-0.39, 0.29) is 0 Å². The van der Waals surface area contributed by atoms with E-state index in [0.717, 1.165) is 111 Å². The highest BCUT2D eigenvalue weighted by molar-refractivity contribution is 6.38. The van der Waals surface area contributed by atoms with Crippen LogP contribution in [0, 0.1) is 13.8 Å². The van der Waals surface area contributed by atoms with Crippen LogP contribution in [0.5, 0.6) is 0 Å². The Morgan fingerprint density at radius 3 is 1.00 bits per heavy atom. The van der Waals surface area contributed by atoms with Gasteiger partial charge in [-0.15, -0.1) is 0 Å². The van der Waals surface area contributed by atoms with Gasteiger partial charge in [0.1, 0.15) is 11.2 Å². The van der Waals surface area contributed by atoms with Crippen LogP contribution in [0.3, 0.4) is 0 Å². The number of hydrogen-bond acceptors (Lipinski definition) is 4. The van der Waals surface area contributed by atoms with Gasteiger partial charge in [0.15, 0.2) is 11.2 Å². The van der Waals surface area contributed by atoms with Crippen molar-refractivity contribution in [2.24, 2.45) is 0 Å². The SMILES string of the molecule is Cc1ccc2c(oc3ccccc32)c1N(c1ccccc1)c1ccc(-c2ccc3c4cccc5c6c(-c7ccccc7)c7c(c(-c8ccccc8)c6n(c3c2)c45)c2cccc3c4ccc(-c5ccc(N(c6ccccc6)c6c(C)ccc8c6oc6ccccc68)cc5)cc4n7c32)cc1. The number of fused-ring (bicyclic) bond motifs is 18. The zero-order valence-corrected chi connectivity index (χ0v) is 53.6. The summed E-state index contributed by atoms with van der Waals surface area (Å²) in [6.07, 6.45) is 0. The maximum absolute atomic E-state index is 6.75. The Labute approximate surface area is 563 Å². The summed E-state index contributed by atoms with van der Waals surface area (Å²) in [7, 11) is 0. The molecule has 6 heterocycles. The number of benzene rings is 15. The summed E-state index contributed by atoms with van der Waals surface area (Å²) >= 11 is 0. The highest BCUT2D eigenvalue weighted by Crippen LogP contribution is 2.55. The number of para-hydroxylation sites is 6. The summed E-state index contributed by atoms with van der Waals surface area (Å²) in [5.41, 5.74) is 28.7. The molecular weight excluding hydrogens is 1190 g/mol. The summed E-state index contributed by atoms with van der Waals surface area (Å²) in [5.74, 6) is 0. The zero-order valence-electron chi connectivity index (χ0n) is 53.6. The first-order valence-corrected chi connectivity index (χ1v) is 33.7. The third kappa shape index (κ3) is 7.73. The lowest BCUT2D eigenvalue weighted by atomic mass is 9.89. The fraction of sp³-hybridized carbons (Fsp3) is 0.0217. The third-order valence-electron chi connectivity index (χ3n) is 21.0. The highest BCUT2D eigenvalue weighted by atomic mass is 16.3. The van der Waals surface area contributed by atoms with Crippen molar-refractivity contribution in [3.8, 4) is 44.5 Å². The van der Waals surface area contributed by atoms with Gasteiger partial charge in [-0.25, -0.2) is 0 Å². The zero-order chi connectivity index (χ0) is 64.4. The van der Waals surface area contributed by atoms with Crippen molar-refractivity contribution in [3.63, 3.8) is 0 Å². The van der Waals surface area contributed by atoms with Crippen molar-refractivity contribution in [2.45, 2.75) is 13.8 Å². The first-order chi connectivity index (χ1) is 48.5. The van der Waals surface area contributed by atoms with Gasteiger partial charge in [0, 0.05) is 98.5 Å². The second-order valence-electron chi connectivity index (χ2n) is 26.3. The van der Waals surface area contributed by atoms with Gasteiger partial charge in [-0.1, -0.05) is 243 Å². The van der Waals surface area contributed by atoms with Crippen LogP contribution in [0.4, 0.5) is 34.1 Å². The van der Waals surface area contributed by atoms with E-state index in [2.05, 4.69) is 336 Å². The van der Waals surface area contributed by atoms with Gasteiger partial charge in [-0.05, 0) is 131 Å². The quantitative estimate of drug-likeness (QED) is 0.137. The van der Waals surface area contributed by atoms with Crippen LogP contribution in [0.15, 0.2) is 324 Å². The van der Waals surface area contributed by atoms with Crippen molar-refractivity contribution >= 4 is 154 Å². The molecule has 0 aliphatic rings. The van der Waals surface area contributed by atoms with Crippen LogP contribution in [-0.2, 0) is 0 Å². The standard InChI is InChI=1S/C92H58N4O2/c1-55-37-49-73-69-29-15-17-35-79(69)97-91(73)85(55)93(63-25-11-5-12-26-63)65-45-39-57(40-46-65)61-43-51-67-71-31-19-33-75-83-82(60-23-9-4-10-24-60)90-84(81(59-21-7-3-8-22-59)89(83)95(87(71)75)77(67)53-61)76-34-20-32-72-68-52-44-62(54-78(68)96(90)88(72)76)58-41-47-66(48-42-58)94(64-27-13-6-14-28-64)86-56(2)38-50-74-70-30-16-18-36-80(70)98-92(74)86/h3-54H,1-2H3. The van der Waals surface area contributed by atoms with Gasteiger partial charge in [0.05, 0.1) is 44.5 Å². The normalized spacial score (nSPS) is 12.2. The van der Waals surface area contributed by atoms with Gasteiger partial charge in [0.2, 0.25) is 0 Å². The molecule has 0 spiro atoms. The summed E-state index contributed by atoms with van der Waals surface area (Å²) in [4.78, 5) is 4.70. The van der Waals surface area contributed by atoms with Crippen molar-refractivity contribution in [3.05, 3.63) is 327 Å². The average molecular weight is 1250 g/mol. The monoisotopic (exact) mass is 1250 g/mol. The number of rotatable bonds is 10. The van der Waals surface area contributed by atoms with Gasteiger partial charge >= 0.3 is 0 Å². The topological polar surface area (TPSA) is 41.6 Å². The van der Waals surface area contributed by atoms with Crippen LogP contribution >= 0.6 is 0 Å². The molecule has 0 amide bonds. The van der Waals surface area contributed by atoms with E-state index in [0.29, 0.717) is 0 Å². The van der Waals surface area contributed by atoms with Crippen LogP contribution in [-0.4, -0.2) is 8.80 Å². The molecule has 21 rings (SSSR count). The number of aryl methyl sites for hydroxylation is 2. The Morgan fingerprint density at radius 1 is 0.245 bits per heavy atom. The fourth-order valence-electron chi connectivity index (χ4n) is 16.7. The van der Waals surface area contributed by atoms with E-state index in [4.69, 9.17) is 8.83 Å². The largest absolute Gasteiger partial charge is 0.454 e. The minimum atomic E-state index is 0.876. The Balaban J connectivity index is 0.771. The molecule has 98 heavy (non-hydrogen) atoms. The molecule has 458 valence electrons. The minimum absolute atomic E-state index is 0.876. The lowest BCUT2D eigenvalue weighted by Crippen LogP contribution is -2.11. The molecule has 15 aromatic carbocycles. The highest BCUT2D eigenvalue weighted by Gasteiger charge is 2.32. The van der Waals surface area contributed by atoms with Crippen molar-refractivity contribution in [1.29, 1.82) is 0 Å². The van der Waals surface area contributed by atoms with Crippen molar-refractivity contribution < 1.29 is 8.83 Å². The molecule has 21 aromatic rings. The molecule has 6 aromatic heterocycles. The molecule has 0 radical (unpaired) electrons. The maximum Gasteiger partial charge on any atom is 0.159 e. The van der Waals surface area contributed by atoms with Crippen LogP contribution < -0.4 is 9.80 Å². The summed E-state index contributed by atoms with van der Waals surface area (Å²) in [5, 5.41) is 14.3. The molecule has 0 aliphatic carbocycles. The molecule has 6 heteroatoms. The first kappa shape index (κ1) is 54.5. The minimum Gasteiger partial charge on any atom is -0.454 e.